The van der Waals surface area contributed by atoms with Crippen LogP contribution in [0.15, 0.2) is 54.6 Å². The zero-order chi connectivity index (χ0) is 16.4. The molecule has 1 amide bonds. The number of rotatable bonds is 4. The van der Waals surface area contributed by atoms with Gasteiger partial charge in [0, 0.05) is 13.5 Å². The minimum Gasteiger partial charge on any atom is -0.450 e. The van der Waals surface area contributed by atoms with Gasteiger partial charge in [0.1, 0.15) is 6.04 Å². The molecule has 4 heteroatoms. The summed E-state index contributed by atoms with van der Waals surface area (Å²) in [6.45, 7) is 3.86. The van der Waals surface area contributed by atoms with Crippen LogP contribution in [0.25, 0.3) is 0 Å². The van der Waals surface area contributed by atoms with Gasteiger partial charge in [-0.05, 0) is 18.1 Å². The van der Waals surface area contributed by atoms with Crippen molar-refractivity contribution in [1.82, 2.24) is 4.90 Å². The van der Waals surface area contributed by atoms with Crippen molar-refractivity contribution in [2.45, 2.75) is 32.5 Å². The van der Waals surface area contributed by atoms with Gasteiger partial charge in [-0.25, -0.2) is 0 Å². The lowest BCUT2D eigenvalue weighted by Crippen LogP contribution is -2.59. The number of ether oxygens (including phenoxy) is 1. The molecule has 2 aromatic rings. The molecule has 118 valence electrons. The molecule has 4 nitrogen and oxygen atoms in total. The predicted molar refractivity (Wildman–Crippen MR) is 86.5 cm³/mol. The summed E-state index contributed by atoms with van der Waals surface area (Å²) in [6, 6.07) is 17.6. The minimum absolute atomic E-state index is 0.144. The van der Waals surface area contributed by atoms with Crippen molar-refractivity contribution in [2.24, 2.45) is 0 Å². The van der Waals surface area contributed by atoms with Crippen molar-refractivity contribution < 1.29 is 14.3 Å². The van der Waals surface area contributed by atoms with Gasteiger partial charge in [-0.15, -0.1) is 0 Å². The third-order valence-corrected chi connectivity index (χ3v) is 4.06. The normalized spacial score (nSPS) is 20.1. The second kappa shape index (κ2) is 6.24. The first-order valence-electron chi connectivity index (χ1n) is 7.64. The van der Waals surface area contributed by atoms with Crippen LogP contribution in [0.3, 0.4) is 0 Å². The fourth-order valence-electron chi connectivity index (χ4n) is 2.89. The molecule has 1 saturated heterocycles. The zero-order valence-corrected chi connectivity index (χ0v) is 13.2. The Bertz CT molecular complexity index is 709. The van der Waals surface area contributed by atoms with Gasteiger partial charge in [0.2, 0.25) is 6.10 Å². The maximum absolute atomic E-state index is 12.4. The van der Waals surface area contributed by atoms with E-state index in [9.17, 15) is 9.59 Å². The largest absolute Gasteiger partial charge is 0.450 e. The Morgan fingerprint density at radius 3 is 2.35 bits per heavy atom. The average molecular weight is 309 g/mol. The summed E-state index contributed by atoms with van der Waals surface area (Å²) in [5.41, 5.74) is 3.19. The third kappa shape index (κ3) is 3.11. The number of esters is 1. The van der Waals surface area contributed by atoms with Crippen LogP contribution in [0.2, 0.25) is 0 Å². The highest BCUT2D eigenvalue weighted by atomic mass is 16.6. The molecule has 1 fully saturated rings. The number of carbonyl (C=O) groups excluding carboxylic acids is 2. The zero-order valence-electron chi connectivity index (χ0n) is 13.2. The third-order valence-electron chi connectivity index (χ3n) is 4.06. The molecule has 3 rings (SSSR count). The van der Waals surface area contributed by atoms with E-state index in [4.69, 9.17) is 4.74 Å². The molecule has 0 bridgehead atoms. The van der Waals surface area contributed by atoms with Gasteiger partial charge in [0.15, 0.2) is 0 Å². The van der Waals surface area contributed by atoms with Crippen LogP contribution in [0.5, 0.6) is 0 Å². The molecule has 0 aliphatic carbocycles. The topological polar surface area (TPSA) is 46.6 Å². The van der Waals surface area contributed by atoms with Crippen molar-refractivity contribution in [3.8, 4) is 0 Å². The number of aryl methyl sites for hydroxylation is 1. The Morgan fingerprint density at radius 1 is 1.09 bits per heavy atom. The van der Waals surface area contributed by atoms with E-state index in [1.807, 2.05) is 61.5 Å². The lowest BCUT2D eigenvalue weighted by molar-refractivity contribution is -0.183. The van der Waals surface area contributed by atoms with E-state index in [-0.39, 0.29) is 11.9 Å². The van der Waals surface area contributed by atoms with Gasteiger partial charge >= 0.3 is 5.97 Å². The summed E-state index contributed by atoms with van der Waals surface area (Å²) < 4.78 is 5.23. The molecule has 0 saturated carbocycles. The Kier molecular flexibility index (Phi) is 4.15. The van der Waals surface area contributed by atoms with Crippen molar-refractivity contribution in [3.05, 3.63) is 71.3 Å². The van der Waals surface area contributed by atoms with E-state index in [0.29, 0.717) is 6.54 Å². The van der Waals surface area contributed by atoms with E-state index in [2.05, 4.69) is 0 Å². The highest BCUT2D eigenvalue weighted by Crippen LogP contribution is 2.38. The van der Waals surface area contributed by atoms with Gasteiger partial charge in [0.25, 0.3) is 5.91 Å². The maximum atomic E-state index is 12.4. The lowest BCUT2D eigenvalue weighted by Gasteiger charge is -2.46. The van der Waals surface area contributed by atoms with Crippen LogP contribution in [-0.2, 0) is 20.9 Å². The Hall–Kier alpha value is -2.62. The quantitative estimate of drug-likeness (QED) is 0.644. The van der Waals surface area contributed by atoms with Crippen molar-refractivity contribution >= 4 is 11.9 Å². The monoisotopic (exact) mass is 309 g/mol. The van der Waals surface area contributed by atoms with Crippen LogP contribution in [0, 0.1) is 6.92 Å². The molecule has 0 spiro atoms. The van der Waals surface area contributed by atoms with Crippen LogP contribution < -0.4 is 0 Å². The van der Waals surface area contributed by atoms with Gasteiger partial charge in [-0.1, -0.05) is 60.2 Å². The summed E-state index contributed by atoms with van der Waals surface area (Å²) >= 11 is 0. The van der Waals surface area contributed by atoms with E-state index >= 15 is 0 Å². The molecular weight excluding hydrogens is 290 g/mol. The summed E-state index contributed by atoms with van der Waals surface area (Å²) in [7, 11) is 0. The highest BCUT2D eigenvalue weighted by molar-refractivity contribution is 5.90. The van der Waals surface area contributed by atoms with Crippen LogP contribution >= 0.6 is 0 Å². The van der Waals surface area contributed by atoms with E-state index in [0.717, 1.165) is 16.7 Å². The summed E-state index contributed by atoms with van der Waals surface area (Å²) in [5, 5.41) is 0. The van der Waals surface area contributed by atoms with Gasteiger partial charge < -0.3 is 9.64 Å². The molecule has 1 heterocycles. The number of β-lactam (4-membered cyclic amide) rings is 1. The summed E-state index contributed by atoms with van der Waals surface area (Å²) in [6.07, 6.45) is -0.723. The number of hydrogen-bond acceptors (Lipinski definition) is 3. The molecule has 2 atom stereocenters. The van der Waals surface area contributed by atoms with Crippen molar-refractivity contribution in [1.29, 1.82) is 0 Å². The number of hydrogen-bond donors (Lipinski definition) is 0. The fourth-order valence-corrected chi connectivity index (χ4v) is 2.89. The molecule has 2 unspecified atom stereocenters. The maximum Gasteiger partial charge on any atom is 0.303 e. The molecule has 1 aliphatic rings. The first kappa shape index (κ1) is 15.3. The van der Waals surface area contributed by atoms with Gasteiger partial charge in [-0.3, -0.25) is 9.59 Å². The predicted octanol–water partition coefficient (Wildman–Crippen LogP) is 3.01. The molecule has 23 heavy (non-hydrogen) atoms. The van der Waals surface area contributed by atoms with Gasteiger partial charge in [-0.2, -0.15) is 0 Å². The molecule has 1 aliphatic heterocycles. The number of nitrogens with zero attached hydrogens (tertiary/aromatic N) is 1. The first-order chi connectivity index (χ1) is 11.1. The second-order valence-electron chi connectivity index (χ2n) is 5.84. The lowest BCUT2D eigenvalue weighted by atomic mass is 9.89. The second-order valence-corrected chi connectivity index (χ2v) is 5.84. The van der Waals surface area contributed by atoms with Gasteiger partial charge in [0.05, 0.1) is 0 Å². The van der Waals surface area contributed by atoms with Crippen molar-refractivity contribution in [3.63, 3.8) is 0 Å². The molecular formula is C19H19NO3. The number of carbonyl (C=O) groups is 2. The minimum atomic E-state index is -0.723. The highest BCUT2D eigenvalue weighted by Gasteiger charge is 2.50. The number of amides is 1. The van der Waals surface area contributed by atoms with E-state index in [1.165, 1.54) is 6.92 Å². The average Bonchev–Trinajstić information content (AvgIpc) is 2.55. The summed E-state index contributed by atoms with van der Waals surface area (Å²) in [4.78, 5) is 25.5. The van der Waals surface area contributed by atoms with Crippen LogP contribution in [0.4, 0.5) is 0 Å². The van der Waals surface area contributed by atoms with Crippen LogP contribution in [0.1, 0.15) is 29.7 Å². The Labute approximate surface area is 135 Å². The molecule has 0 aromatic heterocycles. The van der Waals surface area contributed by atoms with Crippen LogP contribution in [-0.4, -0.2) is 22.9 Å². The standard InChI is InChI=1S/C19H19NO3/c1-13-8-10-16(11-9-13)17-18(23-14(2)21)19(22)20(17)12-15-6-4-3-5-7-15/h3-11,17-18H,12H2,1-2H3. The Balaban J connectivity index is 1.86. The molecule has 0 radical (unpaired) electrons. The smallest absolute Gasteiger partial charge is 0.303 e. The summed E-state index contributed by atoms with van der Waals surface area (Å²) in [5.74, 6) is -0.575. The number of benzene rings is 2. The Morgan fingerprint density at radius 2 is 1.74 bits per heavy atom. The van der Waals surface area contributed by atoms with E-state index in [1.54, 1.807) is 4.90 Å². The first-order valence-corrected chi connectivity index (χ1v) is 7.64. The molecule has 0 N–H and O–H groups in total. The molecule has 2 aromatic carbocycles. The van der Waals surface area contributed by atoms with Crippen molar-refractivity contribution in [2.75, 3.05) is 0 Å². The SMILES string of the molecule is CC(=O)OC1C(=O)N(Cc2ccccc2)C1c1ccc(C)cc1. The van der Waals surface area contributed by atoms with E-state index < -0.39 is 12.1 Å². The number of likely N-dealkylation sites (tertiary alicyclic amines) is 1. The fraction of sp³-hybridized carbons (Fsp3) is 0.263.